The van der Waals surface area contributed by atoms with Crippen LogP contribution >= 0.6 is 0 Å². The van der Waals surface area contributed by atoms with Crippen LogP contribution in [-0.2, 0) is 33.3 Å². The maximum atomic E-state index is 11.6. The highest BCUT2D eigenvalue weighted by Crippen LogP contribution is 2.05. The summed E-state index contributed by atoms with van der Waals surface area (Å²) in [7, 11) is 2.61. The van der Waals surface area contributed by atoms with E-state index in [1.165, 1.54) is 14.2 Å². The molecular weight excluding hydrogens is 310 g/mol. The molecule has 0 saturated carbocycles. The Balaban J connectivity index is 3.95. The molecule has 0 spiro atoms. The molecule has 0 radical (unpaired) electrons. The molecule has 134 valence electrons. The molecule has 0 aromatic heterocycles. The van der Waals surface area contributed by atoms with Gasteiger partial charge in [-0.25, -0.2) is 0 Å². The Morgan fingerprint density at radius 3 is 2.35 bits per heavy atom. The minimum absolute atomic E-state index is 0.00102. The highest BCUT2D eigenvalue weighted by atomic mass is 16.7. The van der Waals surface area contributed by atoms with Crippen LogP contribution in [0, 0.1) is 0 Å². The third-order valence-corrected chi connectivity index (χ3v) is 2.86. The lowest BCUT2D eigenvalue weighted by Gasteiger charge is -2.21. The van der Waals surface area contributed by atoms with Gasteiger partial charge in [0.1, 0.15) is 13.2 Å². The van der Waals surface area contributed by atoms with Gasteiger partial charge in [-0.1, -0.05) is 6.92 Å². The number of aliphatic hydroxyl groups is 1. The normalized spacial score (nSPS) is 13.0. The predicted octanol–water partition coefficient (Wildman–Crippen LogP) is -0.641. The minimum atomic E-state index is -0.775. The number of carbonyl (C=O) groups excluding carboxylic acids is 3. The second kappa shape index (κ2) is 12.8. The topological polar surface area (TPSA) is 120 Å². The van der Waals surface area contributed by atoms with E-state index < -0.39 is 30.2 Å². The number of nitrogens with one attached hydrogen (secondary N) is 1. The summed E-state index contributed by atoms with van der Waals surface area (Å²) in [5, 5.41) is 11.3. The Bertz CT molecular complexity index is 370. The molecule has 0 aromatic rings. The lowest BCUT2D eigenvalue weighted by atomic mass is 10.3. The van der Waals surface area contributed by atoms with Crippen molar-refractivity contribution in [2.45, 2.75) is 38.6 Å². The molecule has 2 atom stereocenters. The lowest BCUT2D eigenvalue weighted by Crippen LogP contribution is -2.31. The second-order valence-electron chi connectivity index (χ2n) is 4.55. The quantitative estimate of drug-likeness (QED) is 0.357. The fourth-order valence-electron chi connectivity index (χ4n) is 1.45. The Kier molecular flexibility index (Phi) is 11.8. The average Bonchev–Trinajstić information content (AvgIpc) is 2.57. The summed E-state index contributed by atoms with van der Waals surface area (Å²) in [6.07, 6.45) is -0.832. The third kappa shape index (κ3) is 10.6. The van der Waals surface area contributed by atoms with Gasteiger partial charge in [-0.05, 0) is 6.42 Å². The van der Waals surface area contributed by atoms with Gasteiger partial charge >= 0.3 is 11.9 Å². The summed E-state index contributed by atoms with van der Waals surface area (Å²) < 4.78 is 19.6. The number of aliphatic hydroxyl groups excluding tert-OH is 1. The van der Waals surface area contributed by atoms with Crippen molar-refractivity contribution in [1.29, 1.82) is 0 Å². The van der Waals surface area contributed by atoms with Crippen LogP contribution in [0.2, 0.25) is 0 Å². The van der Waals surface area contributed by atoms with E-state index in [1.54, 1.807) is 0 Å². The van der Waals surface area contributed by atoms with E-state index in [0.29, 0.717) is 6.42 Å². The molecule has 0 bridgehead atoms. The van der Waals surface area contributed by atoms with Gasteiger partial charge in [-0.15, -0.1) is 0 Å². The number of methoxy groups -OCH3 is 2. The number of amides is 1. The zero-order chi connectivity index (χ0) is 17.7. The van der Waals surface area contributed by atoms with Crippen LogP contribution in [-0.4, -0.2) is 69.3 Å². The van der Waals surface area contributed by atoms with Gasteiger partial charge in [0.25, 0.3) is 0 Å². The van der Waals surface area contributed by atoms with E-state index in [2.05, 4.69) is 10.1 Å². The molecule has 2 unspecified atom stereocenters. The molecule has 0 aromatic carbocycles. The van der Waals surface area contributed by atoms with Crippen LogP contribution in [0.5, 0.6) is 0 Å². The van der Waals surface area contributed by atoms with Gasteiger partial charge in [0.2, 0.25) is 5.91 Å². The Hall–Kier alpha value is -1.71. The van der Waals surface area contributed by atoms with Crippen molar-refractivity contribution in [3.05, 3.63) is 0 Å². The minimum Gasteiger partial charge on any atom is -0.468 e. The summed E-state index contributed by atoms with van der Waals surface area (Å²) in [4.78, 5) is 33.8. The maximum Gasteiger partial charge on any atom is 0.325 e. The van der Waals surface area contributed by atoms with Crippen molar-refractivity contribution < 1.29 is 38.4 Å². The summed E-state index contributed by atoms with van der Waals surface area (Å²) in [5.74, 6) is -1.57. The molecule has 0 rings (SSSR count). The first-order valence-electron chi connectivity index (χ1n) is 7.25. The second-order valence-corrected chi connectivity index (χ2v) is 4.55. The van der Waals surface area contributed by atoms with Crippen molar-refractivity contribution in [3.8, 4) is 0 Å². The monoisotopic (exact) mass is 335 g/mol. The van der Waals surface area contributed by atoms with Crippen LogP contribution in [0.4, 0.5) is 0 Å². The number of hydrogen-bond donors (Lipinski definition) is 2. The van der Waals surface area contributed by atoms with Crippen molar-refractivity contribution in [3.63, 3.8) is 0 Å². The van der Waals surface area contributed by atoms with Gasteiger partial charge < -0.3 is 29.4 Å². The maximum absolute atomic E-state index is 11.6. The molecule has 0 fully saturated rings. The predicted molar refractivity (Wildman–Crippen MR) is 78.3 cm³/mol. The molecule has 0 aliphatic rings. The fourth-order valence-corrected chi connectivity index (χ4v) is 1.45. The van der Waals surface area contributed by atoms with E-state index in [4.69, 9.17) is 19.3 Å². The SMILES string of the molecule is CCC(COC(=O)CCC(=O)NCC(=O)OC)OC(CO)OC. The van der Waals surface area contributed by atoms with Crippen molar-refractivity contribution in [2.24, 2.45) is 0 Å². The third-order valence-electron chi connectivity index (χ3n) is 2.86. The van der Waals surface area contributed by atoms with Crippen molar-refractivity contribution >= 4 is 17.8 Å². The molecule has 0 aliphatic carbocycles. The van der Waals surface area contributed by atoms with Gasteiger partial charge in [0.15, 0.2) is 6.29 Å². The summed E-state index contributed by atoms with van der Waals surface area (Å²) in [6, 6.07) is 0. The molecule has 9 heteroatoms. The Labute approximate surface area is 135 Å². The smallest absolute Gasteiger partial charge is 0.325 e. The van der Waals surface area contributed by atoms with Crippen LogP contribution in [0.15, 0.2) is 0 Å². The Morgan fingerprint density at radius 2 is 1.83 bits per heavy atom. The average molecular weight is 335 g/mol. The number of carbonyl (C=O) groups is 3. The Morgan fingerprint density at radius 1 is 1.13 bits per heavy atom. The summed E-state index contributed by atoms with van der Waals surface area (Å²) >= 11 is 0. The first kappa shape index (κ1) is 21.3. The first-order chi connectivity index (χ1) is 11.0. The highest BCUT2D eigenvalue weighted by Gasteiger charge is 2.17. The van der Waals surface area contributed by atoms with Gasteiger partial charge in [0.05, 0.1) is 26.2 Å². The molecule has 2 N–H and O–H groups in total. The van der Waals surface area contributed by atoms with Gasteiger partial charge in [0, 0.05) is 13.5 Å². The van der Waals surface area contributed by atoms with Crippen molar-refractivity contribution in [2.75, 3.05) is 34.0 Å². The van der Waals surface area contributed by atoms with Crippen LogP contribution < -0.4 is 5.32 Å². The van der Waals surface area contributed by atoms with E-state index in [-0.39, 0.29) is 32.6 Å². The van der Waals surface area contributed by atoms with E-state index >= 15 is 0 Å². The zero-order valence-electron chi connectivity index (χ0n) is 13.7. The summed E-state index contributed by atoms with van der Waals surface area (Å²) in [5.41, 5.74) is 0. The highest BCUT2D eigenvalue weighted by molar-refractivity contribution is 5.84. The molecule has 0 aliphatic heterocycles. The largest absolute Gasteiger partial charge is 0.468 e. The van der Waals surface area contributed by atoms with Crippen LogP contribution in [0.1, 0.15) is 26.2 Å². The van der Waals surface area contributed by atoms with Crippen LogP contribution in [0.3, 0.4) is 0 Å². The summed E-state index contributed by atoms with van der Waals surface area (Å²) in [6.45, 7) is 1.29. The van der Waals surface area contributed by atoms with Gasteiger partial charge in [-0.3, -0.25) is 14.4 Å². The molecule has 0 heterocycles. The molecular formula is C14H25NO8. The lowest BCUT2D eigenvalue weighted by molar-refractivity contribution is -0.188. The standard InChI is InChI=1S/C14H25NO8/c1-4-10(23-14(8-16)21-3)9-22-12(18)6-5-11(17)15-7-13(19)20-2/h10,14,16H,4-9H2,1-3H3,(H,15,17). The van der Waals surface area contributed by atoms with E-state index in [1.807, 2.05) is 6.92 Å². The van der Waals surface area contributed by atoms with Crippen LogP contribution in [0.25, 0.3) is 0 Å². The van der Waals surface area contributed by atoms with Crippen molar-refractivity contribution in [1.82, 2.24) is 5.32 Å². The number of rotatable bonds is 12. The van der Waals surface area contributed by atoms with Gasteiger partial charge in [-0.2, -0.15) is 0 Å². The molecule has 9 nitrogen and oxygen atoms in total. The van der Waals surface area contributed by atoms with E-state index in [0.717, 1.165) is 0 Å². The van der Waals surface area contributed by atoms with E-state index in [9.17, 15) is 14.4 Å². The molecule has 1 amide bonds. The molecule has 0 saturated heterocycles. The molecule has 23 heavy (non-hydrogen) atoms. The number of hydrogen-bond acceptors (Lipinski definition) is 8. The fraction of sp³-hybridized carbons (Fsp3) is 0.786. The zero-order valence-corrected chi connectivity index (χ0v) is 13.7. The number of ether oxygens (including phenoxy) is 4. The number of esters is 2. The first-order valence-corrected chi connectivity index (χ1v) is 7.25.